The maximum absolute atomic E-state index is 12.8. The highest BCUT2D eigenvalue weighted by atomic mass is 79.9. The predicted molar refractivity (Wildman–Crippen MR) is 81.3 cm³/mol. The molecular weight excluding hydrogens is 353 g/mol. The van der Waals surface area contributed by atoms with Crippen LogP contribution < -0.4 is 5.32 Å². The Morgan fingerprint density at radius 2 is 2.00 bits per heavy atom. The van der Waals surface area contributed by atoms with E-state index in [2.05, 4.69) is 33.2 Å². The van der Waals surface area contributed by atoms with Gasteiger partial charge in [-0.25, -0.2) is 0 Å². The minimum Gasteiger partial charge on any atom is -0.335 e. The molecule has 2 atom stereocenters. The third kappa shape index (κ3) is 4.15. The molecule has 0 amide bonds. The molecule has 110 valence electrons. The number of benzene rings is 1. The van der Waals surface area contributed by atoms with Gasteiger partial charge in [0.05, 0.1) is 11.6 Å². The molecule has 1 heterocycles. The third-order valence-electron chi connectivity index (χ3n) is 2.80. The molecule has 0 spiro atoms. The Bertz CT molecular complexity index is 531. The normalized spacial score (nSPS) is 23.4. The fourth-order valence-corrected chi connectivity index (χ4v) is 3.68. The van der Waals surface area contributed by atoms with Gasteiger partial charge in [-0.15, -0.1) is 0 Å². The van der Waals surface area contributed by atoms with Crippen molar-refractivity contribution in [1.29, 1.82) is 0 Å². The predicted octanol–water partition coefficient (Wildman–Crippen LogP) is 5.15. The van der Waals surface area contributed by atoms with Gasteiger partial charge in [-0.05, 0) is 31.5 Å². The second-order valence-corrected chi connectivity index (χ2v) is 7.14. The Morgan fingerprint density at radius 3 is 2.60 bits per heavy atom. The Labute approximate surface area is 128 Å². The number of halogens is 4. The van der Waals surface area contributed by atoms with Crippen molar-refractivity contribution in [2.75, 3.05) is 5.32 Å². The molecule has 1 aliphatic rings. The first-order valence-corrected chi connectivity index (χ1v) is 7.80. The number of aliphatic imine (C=N–C) groups is 1. The van der Waals surface area contributed by atoms with Gasteiger partial charge in [0.1, 0.15) is 0 Å². The molecule has 20 heavy (non-hydrogen) atoms. The summed E-state index contributed by atoms with van der Waals surface area (Å²) in [5, 5.41) is 4.05. The zero-order valence-corrected chi connectivity index (χ0v) is 13.4. The minimum atomic E-state index is -4.36. The van der Waals surface area contributed by atoms with Crippen molar-refractivity contribution in [2.45, 2.75) is 37.7 Å². The first kappa shape index (κ1) is 15.7. The van der Waals surface area contributed by atoms with Crippen molar-refractivity contribution in [3.05, 3.63) is 28.2 Å². The summed E-state index contributed by atoms with van der Waals surface area (Å²) in [5.41, 5.74) is -0.295. The quantitative estimate of drug-likeness (QED) is 0.743. The van der Waals surface area contributed by atoms with Crippen LogP contribution in [0.5, 0.6) is 0 Å². The van der Waals surface area contributed by atoms with Gasteiger partial charge in [0.25, 0.3) is 0 Å². The van der Waals surface area contributed by atoms with E-state index in [4.69, 9.17) is 0 Å². The van der Waals surface area contributed by atoms with Crippen molar-refractivity contribution >= 4 is 38.5 Å². The Kier molecular flexibility index (Phi) is 4.69. The maximum Gasteiger partial charge on any atom is 0.416 e. The fourth-order valence-electron chi connectivity index (χ4n) is 2.01. The van der Waals surface area contributed by atoms with E-state index < -0.39 is 11.7 Å². The molecular formula is C13H14BrF3N2S. The van der Waals surface area contributed by atoms with E-state index in [1.807, 2.05) is 6.92 Å². The Balaban J connectivity index is 2.24. The summed E-state index contributed by atoms with van der Waals surface area (Å²) in [6, 6.07) is 3.95. The highest BCUT2D eigenvalue weighted by Crippen LogP contribution is 2.34. The SMILES string of the molecule is CC1CC(C)SC(Nc2cc(Br)cc(C(F)(F)F)c2)=N1. The van der Waals surface area contributed by atoms with Gasteiger partial charge in [-0.1, -0.05) is 34.6 Å². The van der Waals surface area contributed by atoms with E-state index in [0.29, 0.717) is 20.6 Å². The molecule has 1 aromatic rings. The average Bonchev–Trinajstić information content (AvgIpc) is 2.25. The number of nitrogens with zero attached hydrogens (tertiary/aromatic N) is 1. The second-order valence-electron chi connectivity index (χ2n) is 4.80. The summed E-state index contributed by atoms with van der Waals surface area (Å²) >= 11 is 4.65. The van der Waals surface area contributed by atoms with E-state index >= 15 is 0 Å². The van der Waals surface area contributed by atoms with Crippen LogP contribution in [0.4, 0.5) is 18.9 Å². The van der Waals surface area contributed by atoms with Crippen LogP contribution in [0.15, 0.2) is 27.7 Å². The number of amidine groups is 1. The standard InChI is InChI=1S/C13H14BrF3N2S/c1-7-3-8(2)20-12(18-7)19-11-5-9(13(15,16)17)4-10(14)6-11/h4-8H,3H2,1-2H3,(H,18,19). The van der Waals surface area contributed by atoms with Crippen molar-refractivity contribution < 1.29 is 13.2 Å². The first-order chi connectivity index (χ1) is 9.24. The van der Waals surface area contributed by atoms with Crippen molar-refractivity contribution in [1.82, 2.24) is 0 Å². The average molecular weight is 367 g/mol. The number of nitrogens with one attached hydrogen (secondary N) is 1. The van der Waals surface area contributed by atoms with Crippen LogP contribution in [-0.2, 0) is 6.18 Å². The molecule has 1 aromatic carbocycles. The van der Waals surface area contributed by atoms with Crippen molar-refractivity contribution in [2.24, 2.45) is 4.99 Å². The number of anilines is 1. The van der Waals surface area contributed by atoms with Crippen LogP contribution in [0.25, 0.3) is 0 Å². The van der Waals surface area contributed by atoms with Crippen LogP contribution in [0.2, 0.25) is 0 Å². The van der Waals surface area contributed by atoms with Gasteiger partial charge in [-0.3, -0.25) is 4.99 Å². The molecule has 0 fully saturated rings. The number of hydrogen-bond acceptors (Lipinski definition) is 3. The zero-order valence-electron chi connectivity index (χ0n) is 11.0. The Morgan fingerprint density at radius 1 is 1.30 bits per heavy atom. The largest absolute Gasteiger partial charge is 0.416 e. The van der Waals surface area contributed by atoms with Gasteiger partial charge >= 0.3 is 6.18 Å². The lowest BCUT2D eigenvalue weighted by molar-refractivity contribution is -0.137. The molecule has 0 radical (unpaired) electrons. The number of thioether (sulfide) groups is 1. The van der Waals surface area contributed by atoms with Crippen LogP contribution >= 0.6 is 27.7 Å². The molecule has 0 saturated carbocycles. The van der Waals surface area contributed by atoms with Crippen LogP contribution in [0, 0.1) is 0 Å². The van der Waals surface area contributed by atoms with E-state index in [9.17, 15) is 13.2 Å². The smallest absolute Gasteiger partial charge is 0.335 e. The summed E-state index contributed by atoms with van der Waals surface area (Å²) in [6.07, 6.45) is -3.38. The van der Waals surface area contributed by atoms with E-state index in [1.165, 1.54) is 0 Å². The summed E-state index contributed by atoms with van der Waals surface area (Å²) in [6.45, 7) is 4.08. The summed E-state index contributed by atoms with van der Waals surface area (Å²) in [5.74, 6) is 0. The fraction of sp³-hybridized carbons (Fsp3) is 0.462. The van der Waals surface area contributed by atoms with Gasteiger partial charge < -0.3 is 5.32 Å². The zero-order chi connectivity index (χ0) is 14.9. The number of alkyl halides is 3. The van der Waals surface area contributed by atoms with Gasteiger partial charge in [0.15, 0.2) is 5.17 Å². The van der Waals surface area contributed by atoms with Crippen molar-refractivity contribution in [3.63, 3.8) is 0 Å². The lowest BCUT2D eigenvalue weighted by Crippen LogP contribution is -2.22. The Hall–Kier alpha value is -0.690. The van der Waals surface area contributed by atoms with Gasteiger partial charge in [-0.2, -0.15) is 13.2 Å². The lowest BCUT2D eigenvalue weighted by atomic mass is 10.2. The molecule has 0 saturated heterocycles. The maximum atomic E-state index is 12.8. The van der Waals surface area contributed by atoms with Crippen LogP contribution in [0.3, 0.4) is 0 Å². The van der Waals surface area contributed by atoms with E-state index in [-0.39, 0.29) is 6.04 Å². The highest BCUT2D eigenvalue weighted by Gasteiger charge is 2.31. The lowest BCUT2D eigenvalue weighted by Gasteiger charge is -2.23. The molecule has 1 aliphatic heterocycles. The number of rotatable bonds is 1. The molecule has 2 rings (SSSR count). The first-order valence-electron chi connectivity index (χ1n) is 6.13. The summed E-state index contributed by atoms with van der Waals surface area (Å²) in [7, 11) is 0. The van der Waals surface area contributed by atoms with Crippen LogP contribution in [-0.4, -0.2) is 16.5 Å². The molecule has 2 nitrogen and oxygen atoms in total. The van der Waals surface area contributed by atoms with Gasteiger partial charge in [0, 0.05) is 15.4 Å². The van der Waals surface area contributed by atoms with Gasteiger partial charge in [0.2, 0.25) is 0 Å². The molecule has 0 bridgehead atoms. The second kappa shape index (κ2) is 5.97. The van der Waals surface area contributed by atoms with E-state index in [0.717, 1.165) is 18.6 Å². The molecule has 1 N–H and O–H groups in total. The van der Waals surface area contributed by atoms with Crippen LogP contribution in [0.1, 0.15) is 25.8 Å². The number of hydrogen-bond donors (Lipinski definition) is 1. The monoisotopic (exact) mass is 366 g/mol. The minimum absolute atomic E-state index is 0.183. The van der Waals surface area contributed by atoms with E-state index in [1.54, 1.807) is 17.8 Å². The highest BCUT2D eigenvalue weighted by molar-refractivity contribution is 9.10. The topological polar surface area (TPSA) is 24.4 Å². The summed E-state index contributed by atoms with van der Waals surface area (Å²) < 4.78 is 38.7. The molecule has 0 aromatic heterocycles. The molecule has 7 heteroatoms. The summed E-state index contributed by atoms with van der Waals surface area (Å²) in [4.78, 5) is 4.42. The molecule has 2 unspecified atom stereocenters. The molecule has 0 aliphatic carbocycles. The van der Waals surface area contributed by atoms with Crippen molar-refractivity contribution in [3.8, 4) is 0 Å². The third-order valence-corrected chi connectivity index (χ3v) is 4.28.